The number of benzene rings is 1. The first kappa shape index (κ1) is 14.7. The molecule has 0 aliphatic heterocycles. The van der Waals surface area contributed by atoms with E-state index in [0.29, 0.717) is 17.8 Å². The van der Waals surface area contributed by atoms with Crippen LogP contribution in [0.2, 0.25) is 0 Å². The van der Waals surface area contributed by atoms with Gasteiger partial charge in [-0.25, -0.2) is 0 Å². The first-order valence-electron chi connectivity index (χ1n) is 5.67. The molecule has 4 nitrogen and oxygen atoms in total. The first-order chi connectivity index (χ1) is 8.40. The number of nitrogens with one attached hydrogen (secondary N) is 2. The summed E-state index contributed by atoms with van der Waals surface area (Å²) in [7, 11) is 0. The predicted octanol–water partition coefficient (Wildman–Crippen LogP) is 2.65. The van der Waals surface area contributed by atoms with Gasteiger partial charge in [0.25, 0.3) is 0 Å². The number of likely N-dealkylation sites (N-methyl/N-ethyl adjacent to an activating group) is 1. The molecule has 0 fully saturated rings. The van der Waals surface area contributed by atoms with Gasteiger partial charge in [0.1, 0.15) is 6.07 Å². The Morgan fingerprint density at radius 3 is 2.72 bits per heavy atom. The van der Waals surface area contributed by atoms with Crippen LogP contribution in [-0.4, -0.2) is 18.0 Å². The van der Waals surface area contributed by atoms with Crippen LogP contribution in [0.4, 0.5) is 5.69 Å². The van der Waals surface area contributed by atoms with Gasteiger partial charge in [0.15, 0.2) is 0 Å². The van der Waals surface area contributed by atoms with Crippen LogP contribution in [0.15, 0.2) is 22.7 Å². The van der Waals surface area contributed by atoms with Crippen LogP contribution in [-0.2, 0) is 4.79 Å². The van der Waals surface area contributed by atoms with Crippen molar-refractivity contribution in [1.82, 2.24) is 5.32 Å². The van der Waals surface area contributed by atoms with Gasteiger partial charge in [-0.1, -0.05) is 22.9 Å². The summed E-state index contributed by atoms with van der Waals surface area (Å²) in [5.74, 6) is -0.168. The number of carbonyl (C=O) groups is 1. The topological polar surface area (TPSA) is 64.9 Å². The summed E-state index contributed by atoms with van der Waals surface area (Å²) in [5, 5.41) is 14.9. The van der Waals surface area contributed by atoms with E-state index in [1.807, 2.05) is 6.92 Å². The van der Waals surface area contributed by atoms with Gasteiger partial charge >= 0.3 is 0 Å². The number of anilines is 1. The van der Waals surface area contributed by atoms with Gasteiger partial charge in [0.05, 0.1) is 16.8 Å². The predicted molar refractivity (Wildman–Crippen MR) is 75.2 cm³/mol. The van der Waals surface area contributed by atoms with E-state index in [2.05, 4.69) is 32.6 Å². The van der Waals surface area contributed by atoms with Gasteiger partial charge in [0, 0.05) is 4.47 Å². The molecule has 0 aliphatic rings. The Morgan fingerprint density at radius 2 is 2.17 bits per heavy atom. The van der Waals surface area contributed by atoms with Gasteiger partial charge in [-0.3, -0.25) is 4.79 Å². The Morgan fingerprint density at radius 1 is 1.50 bits per heavy atom. The Kier molecular flexibility index (Phi) is 4.88. The van der Waals surface area contributed by atoms with Gasteiger partial charge < -0.3 is 10.6 Å². The molecule has 18 heavy (non-hydrogen) atoms. The second-order valence-corrected chi connectivity index (χ2v) is 5.33. The Bertz CT molecular complexity index is 491. The van der Waals surface area contributed by atoms with Crippen molar-refractivity contribution < 1.29 is 4.79 Å². The van der Waals surface area contributed by atoms with Crippen molar-refractivity contribution in [1.29, 1.82) is 5.26 Å². The number of amides is 1. The maximum Gasteiger partial charge on any atom is 0.244 e. The lowest BCUT2D eigenvalue weighted by Crippen LogP contribution is -2.49. The third-order valence-electron chi connectivity index (χ3n) is 2.54. The molecular formula is C13H16BrN3O. The lowest BCUT2D eigenvalue weighted by molar-refractivity contribution is -0.121. The largest absolute Gasteiger partial charge is 0.323 e. The van der Waals surface area contributed by atoms with Crippen LogP contribution < -0.4 is 10.6 Å². The van der Waals surface area contributed by atoms with E-state index in [1.54, 1.807) is 32.0 Å². The SMILES string of the molecule is CCNC(C)(C)C(=O)Nc1cc(Br)ccc1C#N. The number of halogens is 1. The summed E-state index contributed by atoms with van der Waals surface area (Å²) >= 11 is 3.32. The van der Waals surface area contributed by atoms with Gasteiger partial charge in [-0.05, 0) is 38.6 Å². The molecule has 0 atom stereocenters. The van der Waals surface area contributed by atoms with E-state index >= 15 is 0 Å². The van der Waals surface area contributed by atoms with Gasteiger partial charge in [-0.15, -0.1) is 0 Å². The summed E-state index contributed by atoms with van der Waals surface area (Å²) < 4.78 is 0.818. The van der Waals surface area contributed by atoms with Crippen LogP contribution in [0.3, 0.4) is 0 Å². The maximum atomic E-state index is 12.1. The highest BCUT2D eigenvalue weighted by atomic mass is 79.9. The van der Waals surface area contributed by atoms with Gasteiger partial charge in [-0.2, -0.15) is 5.26 Å². The summed E-state index contributed by atoms with van der Waals surface area (Å²) in [6, 6.07) is 7.21. The second-order valence-electron chi connectivity index (χ2n) is 4.41. The molecule has 1 aromatic rings. The van der Waals surface area contributed by atoms with Gasteiger partial charge in [0.2, 0.25) is 5.91 Å². The Labute approximate surface area is 116 Å². The molecule has 5 heteroatoms. The van der Waals surface area contributed by atoms with E-state index in [1.165, 1.54) is 0 Å². The summed E-state index contributed by atoms with van der Waals surface area (Å²) in [6.45, 7) is 6.24. The summed E-state index contributed by atoms with van der Waals surface area (Å²) in [4.78, 5) is 12.1. The minimum Gasteiger partial charge on any atom is -0.323 e. The van der Waals surface area contributed by atoms with Crippen molar-refractivity contribution in [3.05, 3.63) is 28.2 Å². The van der Waals surface area contributed by atoms with E-state index in [4.69, 9.17) is 5.26 Å². The zero-order valence-electron chi connectivity index (χ0n) is 10.7. The average Bonchev–Trinajstić information content (AvgIpc) is 2.29. The first-order valence-corrected chi connectivity index (χ1v) is 6.46. The molecule has 0 saturated heterocycles. The molecule has 1 amide bonds. The zero-order valence-corrected chi connectivity index (χ0v) is 12.3. The fourth-order valence-electron chi connectivity index (χ4n) is 1.52. The summed E-state index contributed by atoms with van der Waals surface area (Å²) in [5.41, 5.74) is 0.283. The molecule has 0 saturated carbocycles. The quantitative estimate of drug-likeness (QED) is 0.898. The van der Waals surface area contributed by atoms with Crippen molar-refractivity contribution in [2.45, 2.75) is 26.3 Å². The minimum absolute atomic E-state index is 0.168. The highest BCUT2D eigenvalue weighted by molar-refractivity contribution is 9.10. The molecular weight excluding hydrogens is 294 g/mol. The molecule has 1 rings (SSSR count). The fraction of sp³-hybridized carbons (Fsp3) is 0.385. The lowest BCUT2D eigenvalue weighted by Gasteiger charge is -2.24. The fourth-order valence-corrected chi connectivity index (χ4v) is 1.88. The molecule has 0 aromatic heterocycles. The number of carbonyl (C=O) groups excluding carboxylic acids is 1. The monoisotopic (exact) mass is 309 g/mol. The molecule has 0 bridgehead atoms. The lowest BCUT2D eigenvalue weighted by atomic mass is 10.0. The summed E-state index contributed by atoms with van der Waals surface area (Å²) in [6.07, 6.45) is 0. The van der Waals surface area contributed by atoms with E-state index in [0.717, 1.165) is 4.47 Å². The zero-order chi connectivity index (χ0) is 13.8. The third-order valence-corrected chi connectivity index (χ3v) is 3.03. The number of rotatable bonds is 4. The van der Waals surface area contributed by atoms with Crippen molar-refractivity contribution in [3.8, 4) is 6.07 Å². The number of nitriles is 1. The third kappa shape index (κ3) is 3.56. The standard InChI is InChI=1S/C13H16BrN3O/c1-4-16-13(2,3)12(18)17-11-7-10(14)6-5-9(11)8-15/h5-7,16H,4H2,1-3H3,(H,17,18). The number of hydrogen-bond donors (Lipinski definition) is 2. The molecule has 0 radical (unpaired) electrons. The molecule has 0 heterocycles. The van der Waals surface area contributed by atoms with Crippen molar-refractivity contribution in [3.63, 3.8) is 0 Å². The molecule has 0 spiro atoms. The van der Waals surface area contributed by atoms with Crippen LogP contribution in [0.5, 0.6) is 0 Å². The van der Waals surface area contributed by atoms with Crippen molar-refractivity contribution in [2.75, 3.05) is 11.9 Å². The second kappa shape index (κ2) is 5.98. The van der Waals surface area contributed by atoms with Crippen LogP contribution >= 0.6 is 15.9 Å². The highest BCUT2D eigenvalue weighted by Crippen LogP contribution is 2.21. The molecule has 96 valence electrons. The smallest absolute Gasteiger partial charge is 0.244 e. The van der Waals surface area contributed by atoms with Crippen molar-refractivity contribution >= 4 is 27.5 Å². The maximum absolute atomic E-state index is 12.1. The van der Waals surface area contributed by atoms with E-state index in [-0.39, 0.29) is 5.91 Å². The van der Waals surface area contributed by atoms with E-state index in [9.17, 15) is 4.79 Å². The molecule has 1 aromatic carbocycles. The van der Waals surface area contributed by atoms with E-state index < -0.39 is 5.54 Å². The molecule has 2 N–H and O–H groups in total. The van der Waals surface area contributed by atoms with Crippen LogP contribution in [0.25, 0.3) is 0 Å². The van der Waals surface area contributed by atoms with Crippen molar-refractivity contribution in [2.24, 2.45) is 0 Å². The van der Waals surface area contributed by atoms with Crippen LogP contribution in [0, 0.1) is 11.3 Å². The average molecular weight is 310 g/mol. The molecule has 0 unspecified atom stereocenters. The van der Waals surface area contributed by atoms with Crippen LogP contribution in [0.1, 0.15) is 26.3 Å². The normalized spacial score (nSPS) is 10.8. The molecule has 0 aliphatic carbocycles. The highest BCUT2D eigenvalue weighted by Gasteiger charge is 2.26. The minimum atomic E-state index is -0.677. The Balaban J connectivity index is 2.95. The number of hydrogen-bond acceptors (Lipinski definition) is 3. The Hall–Kier alpha value is -1.38. The number of nitrogens with zero attached hydrogens (tertiary/aromatic N) is 1.